The third kappa shape index (κ3) is 3.76. The molecule has 3 rings (SSSR count). The van der Waals surface area contributed by atoms with Crippen molar-refractivity contribution in [3.63, 3.8) is 0 Å². The first-order valence-corrected chi connectivity index (χ1v) is 9.15. The molecule has 0 aliphatic rings. The first-order chi connectivity index (χ1) is 12.4. The molecular formula is C17H18ClN5O2S. The fraction of sp³-hybridized carbons (Fsp3) is 0.294. The number of rotatable bonds is 5. The summed E-state index contributed by atoms with van der Waals surface area (Å²) in [6, 6.07) is 6.91. The number of hydrogen-bond acceptors (Lipinski definition) is 6. The van der Waals surface area contributed by atoms with Crippen LogP contribution < -0.4 is 10.1 Å². The third-order valence-electron chi connectivity index (χ3n) is 3.73. The maximum atomic E-state index is 12.6. The number of nitrogens with zero attached hydrogens (tertiary/aromatic N) is 4. The number of fused-ring (bicyclic) bond motifs is 1. The number of halogens is 1. The fourth-order valence-electron chi connectivity index (χ4n) is 2.50. The quantitative estimate of drug-likeness (QED) is 0.670. The number of anilines is 1. The Morgan fingerprint density at radius 1 is 1.31 bits per heavy atom. The van der Waals surface area contributed by atoms with Gasteiger partial charge in [0.15, 0.2) is 10.8 Å². The summed E-state index contributed by atoms with van der Waals surface area (Å²) in [6.07, 6.45) is 0. The molecule has 7 nitrogen and oxygen atoms in total. The molecule has 1 N–H and O–H groups in total. The lowest BCUT2D eigenvalue weighted by atomic mass is 10.3. The molecule has 0 aliphatic heterocycles. The van der Waals surface area contributed by atoms with E-state index in [-0.39, 0.29) is 5.91 Å². The highest BCUT2D eigenvalue weighted by Crippen LogP contribution is 2.29. The Morgan fingerprint density at radius 2 is 2.08 bits per heavy atom. The van der Waals surface area contributed by atoms with Crippen LogP contribution in [-0.2, 0) is 4.79 Å². The second kappa shape index (κ2) is 7.51. The zero-order valence-corrected chi connectivity index (χ0v) is 16.4. The summed E-state index contributed by atoms with van der Waals surface area (Å²) in [7, 11) is 1.54. The predicted molar refractivity (Wildman–Crippen MR) is 102 cm³/mol. The molecule has 2 heterocycles. The van der Waals surface area contributed by atoms with Gasteiger partial charge in [-0.15, -0.1) is 10.2 Å². The van der Waals surface area contributed by atoms with Crippen LogP contribution >= 0.6 is 23.4 Å². The van der Waals surface area contributed by atoms with Crippen LogP contribution in [-0.4, -0.2) is 37.8 Å². The van der Waals surface area contributed by atoms with E-state index in [2.05, 4.69) is 20.5 Å². The van der Waals surface area contributed by atoms with E-state index in [9.17, 15) is 4.79 Å². The molecule has 3 aromatic rings. The van der Waals surface area contributed by atoms with E-state index in [0.717, 1.165) is 11.5 Å². The third-order valence-corrected chi connectivity index (χ3v) is 5.01. The van der Waals surface area contributed by atoms with Gasteiger partial charge in [0.1, 0.15) is 11.6 Å². The van der Waals surface area contributed by atoms with E-state index in [0.29, 0.717) is 27.3 Å². The van der Waals surface area contributed by atoms with E-state index < -0.39 is 5.25 Å². The zero-order chi connectivity index (χ0) is 18.8. The van der Waals surface area contributed by atoms with Gasteiger partial charge in [0.2, 0.25) is 5.91 Å². The van der Waals surface area contributed by atoms with Crippen LogP contribution in [0.3, 0.4) is 0 Å². The molecule has 1 amide bonds. The highest BCUT2D eigenvalue weighted by molar-refractivity contribution is 8.00. The largest absolute Gasteiger partial charge is 0.495 e. The lowest BCUT2D eigenvalue weighted by molar-refractivity contribution is -0.115. The molecule has 0 spiro atoms. The summed E-state index contributed by atoms with van der Waals surface area (Å²) >= 11 is 7.32. The van der Waals surface area contributed by atoms with Crippen LogP contribution in [0.1, 0.15) is 18.4 Å². The molecule has 0 bridgehead atoms. The zero-order valence-electron chi connectivity index (χ0n) is 14.8. The molecule has 136 valence electrons. The van der Waals surface area contributed by atoms with Crippen LogP contribution in [0.4, 0.5) is 5.69 Å². The van der Waals surface area contributed by atoms with Crippen molar-refractivity contribution >= 4 is 40.6 Å². The number of ether oxygens (including phenoxy) is 1. The average Bonchev–Trinajstić information content (AvgIpc) is 2.97. The predicted octanol–water partition coefficient (Wildman–Crippen LogP) is 3.52. The Kier molecular flexibility index (Phi) is 5.33. The minimum Gasteiger partial charge on any atom is -0.495 e. The summed E-state index contributed by atoms with van der Waals surface area (Å²) in [6.45, 7) is 5.59. The molecule has 26 heavy (non-hydrogen) atoms. The van der Waals surface area contributed by atoms with E-state index in [1.165, 1.54) is 18.9 Å². The highest BCUT2D eigenvalue weighted by atomic mass is 35.5. The number of aromatic nitrogens is 4. The van der Waals surface area contributed by atoms with Gasteiger partial charge in [-0.25, -0.2) is 4.98 Å². The van der Waals surface area contributed by atoms with E-state index in [4.69, 9.17) is 16.3 Å². The van der Waals surface area contributed by atoms with E-state index >= 15 is 0 Å². The van der Waals surface area contributed by atoms with Gasteiger partial charge >= 0.3 is 0 Å². The number of aryl methyl sites for hydroxylation is 2. The minimum absolute atomic E-state index is 0.190. The maximum Gasteiger partial charge on any atom is 0.237 e. The number of amides is 1. The number of methoxy groups -OCH3 is 1. The van der Waals surface area contributed by atoms with Gasteiger partial charge in [-0.1, -0.05) is 23.4 Å². The molecular weight excluding hydrogens is 374 g/mol. The van der Waals surface area contributed by atoms with E-state index in [1.807, 2.05) is 24.3 Å². The van der Waals surface area contributed by atoms with Crippen molar-refractivity contribution in [3.05, 3.63) is 40.8 Å². The van der Waals surface area contributed by atoms with Crippen molar-refractivity contribution in [3.8, 4) is 5.75 Å². The van der Waals surface area contributed by atoms with Crippen molar-refractivity contribution in [2.24, 2.45) is 0 Å². The number of hydrogen-bond donors (Lipinski definition) is 1. The molecule has 0 fully saturated rings. The van der Waals surface area contributed by atoms with Crippen molar-refractivity contribution in [2.45, 2.75) is 31.2 Å². The van der Waals surface area contributed by atoms with Gasteiger partial charge < -0.3 is 10.1 Å². The van der Waals surface area contributed by atoms with Crippen LogP contribution in [0.25, 0.3) is 5.65 Å². The Balaban J connectivity index is 1.79. The van der Waals surface area contributed by atoms with Gasteiger partial charge in [0.05, 0.1) is 18.0 Å². The summed E-state index contributed by atoms with van der Waals surface area (Å²) in [5, 5.41) is 11.9. The Morgan fingerprint density at radius 3 is 2.81 bits per heavy atom. The first kappa shape index (κ1) is 18.5. The lowest BCUT2D eigenvalue weighted by Gasteiger charge is -2.14. The smallest absolute Gasteiger partial charge is 0.237 e. The number of carbonyl (C=O) groups is 1. The van der Waals surface area contributed by atoms with Gasteiger partial charge in [-0.05, 0) is 39.0 Å². The number of carbonyl (C=O) groups excluding carboxylic acids is 1. The molecule has 2 aromatic heterocycles. The van der Waals surface area contributed by atoms with Crippen molar-refractivity contribution in [1.29, 1.82) is 0 Å². The SMILES string of the molecule is COc1ccc(Cl)cc1NC(=O)C(C)Sc1nnc2cc(C)nc(C)n12. The summed E-state index contributed by atoms with van der Waals surface area (Å²) in [4.78, 5) is 17.0. The first-order valence-electron chi connectivity index (χ1n) is 7.89. The minimum atomic E-state index is -0.410. The van der Waals surface area contributed by atoms with Crippen molar-refractivity contribution < 1.29 is 9.53 Å². The lowest BCUT2D eigenvalue weighted by Crippen LogP contribution is -2.23. The normalized spacial score (nSPS) is 12.2. The van der Waals surface area contributed by atoms with Crippen LogP contribution in [0.2, 0.25) is 5.02 Å². The summed E-state index contributed by atoms with van der Waals surface area (Å²) in [5.74, 6) is 1.13. The molecule has 9 heteroatoms. The molecule has 0 saturated heterocycles. The maximum absolute atomic E-state index is 12.6. The average molecular weight is 392 g/mol. The monoisotopic (exact) mass is 391 g/mol. The molecule has 1 atom stereocenters. The van der Waals surface area contributed by atoms with Crippen LogP contribution in [0, 0.1) is 13.8 Å². The summed E-state index contributed by atoms with van der Waals surface area (Å²) in [5.41, 5.74) is 2.11. The second-order valence-corrected chi connectivity index (χ2v) is 7.46. The van der Waals surface area contributed by atoms with Crippen molar-refractivity contribution in [1.82, 2.24) is 19.6 Å². The second-order valence-electron chi connectivity index (χ2n) is 5.71. The van der Waals surface area contributed by atoms with Crippen molar-refractivity contribution in [2.75, 3.05) is 12.4 Å². The number of benzene rings is 1. The molecule has 0 radical (unpaired) electrons. The summed E-state index contributed by atoms with van der Waals surface area (Å²) < 4.78 is 7.09. The fourth-order valence-corrected chi connectivity index (χ4v) is 3.58. The Hall–Kier alpha value is -2.32. The highest BCUT2D eigenvalue weighted by Gasteiger charge is 2.20. The Bertz CT molecular complexity index is 975. The van der Waals surface area contributed by atoms with E-state index in [1.54, 1.807) is 25.1 Å². The van der Waals surface area contributed by atoms with Gasteiger partial charge in [0, 0.05) is 16.8 Å². The standard InChI is InChI=1S/C17H18ClN5O2S/c1-9-7-15-21-22-17(23(15)11(3)19-9)26-10(2)16(24)20-13-8-12(18)5-6-14(13)25-4/h5-8,10H,1-4H3,(H,20,24). The van der Waals surface area contributed by atoms with Gasteiger partial charge in [-0.2, -0.15) is 0 Å². The van der Waals surface area contributed by atoms with Gasteiger partial charge in [-0.3, -0.25) is 9.20 Å². The van der Waals surface area contributed by atoms with Gasteiger partial charge in [0.25, 0.3) is 0 Å². The molecule has 0 aliphatic carbocycles. The topological polar surface area (TPSA) is 81.4 Å². The molecule has 0 saturated carbocycles. The number of nitrogens with one attached hydrogen (secondary N) is 1. The number of thioether (sulfide) groups is 1. The molecule has 1 aromatic carbocycles. The Labute approximate surface area is 160 Å². The van der Waals surface area contributed by atoms with Crippen LogP contribution in [0.15, 0.2) is 29.4 Å². The van der Waals surface area contributed by atoms with Crippen LogP contribution in [0.5, 0.6) is 5.75 Å². The molecule has 1 unspecified atom stereocenters.